The smallest absolute Gasteiger partial charge is 0.338 e. The highest BCUT2D eigenvalue weighted by Gasteiger charge is 2.45. The first-order valence-corrected chi connectivity index (χ1v) is 10.0. The second-order valence-electron chi connectivity index (χ2n) is 7.63. The molecule has 3 amide bonds. The molecule has 2 fully saturated rings. The van der Waals surface area contributed by atoms with Crippen molar-refractivity contribution >= 4 is 17.6 Å². The summed E-state index contributed by atoms with van der Waals surface area (Å²) >= 11 is 0. The zero-order valence-electron chi connectivity index (χ0n) is 16.9. The summed E-state index contributed by atoms with van der Waals surface area (Å²) in [6, 6.07) is 13.2. The van der Waals surface area contributed by atoms with E-state index in [-0.39, 0.29) is 17.8 Å². The fourth-order valence-electron chi connectivity index (χ4n) is 4.01. The van der Waals surface area contributed by atoms with Crippen molar-refractivity contribution in [3.63, 3.8) is 0 Å². The van der Waals surface area contributed by atoms with Crippen molar-refractivity contribution in [2.75, 3.05) is 25.2 Å². The van der Waals surface area contributed by atoms with Gasteiger partial charge < -0.3 is 15.0 Å². The molecule has 8 heteroatoms. The number of aryl methyl sites for hydroxylation is 1. The van der Waals surface area contributed by atoms with Gasteiger partial charge in [-0.1, -0.05) is 18.2 Å². The Labute approximate surface area is 174 Å². The number of piperidine rings is 1. The van der Waals surface area contributed by atoms with Crippen molar-refractivity contribution in [1.29, 1.82) is 0 Å². The van der Waals surface area contributed by atoms with Crippen molar-refractivity contribution < 1.29 is 18.7 Å². The summed E-state index contributed by atoms with van der Waals surface area (Å²) in [7, 11) is 1.63. The van der Waals surface area contributed by atoms with Gasteiger partial charge >= 0.3 is 6.03 Å². The quantitative estimate of drug-likeness (QED) is 0.792. The number of nitrogens with zero attached hydrogens (tertiary/aromatic N) is 2. The number of likely N-dealkylation sites (tertiary alicyclic amines) is 1. The van der Waals surface area contributed by atoms with E-state index < -0.39 is 5.66 Å². The molecule has 2 saturated heterocycles. The van der Waals surface area contributed by atoms with Crippen LogP contribution in [-0.2, 0) is 11.2 Å². The molecule has 2 aromatic rings. The van der Waals surface area contributed by atoms with Crippen LogP contribution in [0.25, 0.3) is 0 Å². The molecule has 2 aliphatic rings. The predicted octanol–water partition coefficient (Wildman–Crippen LogP) is 2.82. The number of methoxy groups -OCH3 is 1. The first-order valence-electron chi connectivity index (χ1n) is 10.0. The number of benzene rings is 2. The van der Waals surface area contributed by atoms with E-state index in [9.17, 15) is 14.0 Å². The van der Waals surface area contributed by atoms with Crippen LogP contribution in [0.2, 0.25) is 0 Å². The van der Waals surface area contributed by atoms with Crippen LogP contribution in [0.4, 0.5) is 14.9 Å². The Morgan fingerprint density at radius 3 is 2.53 bits per heavy atom. The lowest BCUT2D eigenvalue weighted by Crippen LogP contribution is -2.58. The molecule has 7 nitrogen and oxygen atoms in total. The van der Waals surface area contributed by atoms with Gasteiger partial charge in [-0.15, -0.1) is 0 Å². The van der Waals surface area contributed by atoms with Crippen molar-refractivity contribution in [2.45, 2.75) is 31.3 Å². The third kappa shape index (κ3) is 4.09. The SMILES string of the molecule is COc1ccccc1CCC(=O)N1CCC2(CC1)NC(=O)N(c1ccc(F)cc1)N2. The van der Waals surface area contributed by atoms with Gasteiger partial charge in [0.05, 0.1) is 12.8 Å². The third-order valence-electron chi connectivity index (χ3n) is 5.73. The van der Waals surface area contributed by atoms with Crippen molar-refractivity contribution in [2.24, 2.45) is 0 Å². The minimum absolute atomic E-state index is 0.0930. The first kappa shape index (κ1) is 20.2. The van der Waals surface area contributed by atoms with Gasteiger partial charge in [0.15, 0.2) is 0 Å². The zero-order chi connectivity index (χ0) is 21.1. The molecule has 30 heavy (non-hydrogen) atoms. The van der Waals surface area contributed by atoms with E-state index in [2.05, 4.69) is 10.7 Å². The minimum Gasteiger partial charge on any atom is -0.496 e. The van der Waals surface area contributed by atoms with Gasteiger partial charge in [0.1, 0.15) is 17.2 Å². The number of para-hydroxylation sites is 1. The lowest BCUT2D eigenvalue weighted by atomic mass is 9.97. The van der Waals surface area contributed by atoms with Gasteiger partial charge in [0.2, 0.25) is 5.91 Å². The van der Waals surface area contributed by atoms with Crippen LogP contribution in [0.15, 0.2) is 48.5 Å². The second kappa shape index (κ2) is 8.31. The van der Waals surface area contributed by atoms with Gasteiger partial charge in [0.25, 0.3) is 0 Å². The van der Waals surface area contributed by atoms with Crippen LogP contribution in [0.3, 0.4) is 0 Å². The van der Waals surface area contributed by atoms with E-state index in [1.807, 2.05) is 29.2 Å². The highest BCUT2D eigenvalue weighted by molar-refractivity contribution is 5.93. The average molecular weight is 412 g/mol. The fraction of sp³-hybridized carbons (Fsp3) is 0.364. The molecule has 0 saturated carbocycles. The molecule has 0 aliphatic carbocycles. The number of nitrogens with one attached hydrogen (secondary N) is 2. The molecule has 0 radical (unpaired) electrons. The maximum Gasteiger partial charge on any atom is 0.338 e. The molecule has 2 aliphatic heterocycles. The monoisotopic (exact) mass is 412 g/mol. The lowest BCUT2D eigenvalue weighted by Gasteiger charge is -2.39. The molecule has 0 atom stereocenters. The Balaban J connectivity index is 1.32. The third-order valence-corrected chi connectivity index (χ3v) is 5.73. The largest absolute Gasteiger partial charge is 0.496 e. The predicted molar refractivity (Wildman–Crippen MR) is 110 cm³/mol. The number of carbonyl (C=O) groups is 2. The van der Waals surface area contributed by atoms with Gasteiger partial charge in [0, 0.05) is 32.4 Å². The highest BCUT2D eigenvalue weighted by Crippen LogP contribution is 2.28. The summed E-state index contributed by atoms with van der Waals surface area (Å²) in [5, 5.41) is 4.39. The van der Waals surface area contributed by atoms with E-state index >= 15 is 0 Å². The Kier molecular flexibility index (Phi) is 5.59. The maximum atomic E-state index is 13.2. The molecule has 0 aromatic heterocycles. The number of hydrogen-bond donors (Lipinski definition) is 2. The van der Waals surface area contributed by atoms with Gasteiger partial charge in [-0.3, -0.25) is 4.79 Å². The molecule has 158 valence electrons. The van der Waals surface area contributed by atoms with Crippen molar-refractivity contribution in [1.82, 2.24) is 15.6 Å². The van der Waals surface area contributed by atoms with Crippen molar-refractivity contribution in [3.05, 3.63) is 59.9 Å². The molecule has 4 rings (SSSR count). The van der Waals surface area contributed by atoms with Gasteiger partial charge in [-0.05, 0) is 42.3 Å². The molecule has 2 aromatic carbocycles. The van der Waals surface area contributed by atoms with E-state index in [0.29, 0.717) is 44.5 Å². The van der Waals surface area contributed by atoms with Gasteiger partial charge in [-0.2, -0.15) is 0 Å². The van der Waals surface area contributed by atoms with Crippen LogP contribution < -0.4 is 20.5 Å². The van der Waals surface area contributed by atoms with E-state index in [0.717, 1.165) is 11.3 Å². The summed E-state index contributed by atoms with van der Waals surface area (Å²) in [4.78, 5) is 27.0. The zero-order valence-corrected chi connectivity index (χ0v) is 16.9. The number of anilines is 1. The van der Waals surface area contributed by atoms with E-state index in [1.165, 1.54) is 17.1 Å². The number of urea groups is 1. The highest BCUT2D eigenvalue weighted by atomic mass is 19.1. The Bertz CT molecular complexity index is 926. The Morgan fingerprint density at radius 2 is 1.83 bits per heavy atom. The summed E-state index contributed by atoms with van der Waals surface area (Å²) in [5.41, 5.74) is 4.21. The van der Waals surface area contributed by atoms with Crippen LogP contribution in [0.1, 0.15) is 24.8 Å². The molecule has 2 N–H and O–H groups in total. The fourth-order valence-corrected chi connectivity index (χ4v) is 4.01. The summed E-state index contributed by atoms with van der Waals surface area (Å²) in [6.45, 7) is 1.10. The van der Waals surface area contributed by atoms with Gasteiger partial charge in [-0.25, -0.2) is 19.6 Å². The van der Waals surface area contributed by atoms with Crippen LogP contribution in [-0.4, -0.2) is 42.7 Å². The molecule has 0 unspecified atom stereocenters. The normalized spacial score (nSPS) is 17.9. The summed E-state index contributed by atoms with van der Waals surface area (Å²) in [6.07, 6.45) is 2.22. The number of hydrogen-bond acceptors (Lipinski definition) is 4. The number of halogens is 1. The maximum absolute atomic E-state index is 13.2. The first-order chi connectivity index (χ1) is 14.5. The molecular formula is C22H25FN4O3. The second-order valence-corrected chi connectivity index (χ2v) is 7.63. The van der Waals surface area contributed by atoms with E-state index in [4.69, 9.17) is 4.74 Å². The number of carbonyl (C=O) groups excluding carboxylic acids is 2. The average Bonchev–Trinajstić information content (AvgIpc) is 3.08. The molecule has 2 heterocycles. The Hall–Kier alpha value is -3.13. The number of hydrazine groups is 1. The molecule has 1 spiro atoms. The van der Waals surface area contributed by atoms with Crippen LogP contribution in [0, 0.1) is 5.82 Å². The lowest BCUT2D eigenvalue weighted by molar-refractivity contribution is -0.132. The van der Waals surface area contributed by atoms with Crippen LogP contribution >= 0.6 is 0 Å². The summed E-state index contributed by atoms with van der Waals surface area (Å²) in [5.74, 6) is 0.533. The topological polar surface area (TPSA) is 73.9 Å². The number of ether oxygens (including phenoxy) is 1. The van der Waals surface area contributed by atoms with E-state index in [1.54, 1.807) is 19.2 Å². The molecule has 0 bridgehead atoms. The minimum atomic E-state index is -0.592. The van der Waals surface area contributed by atoms with Crippen LogP contribution in [0.5, 0.6) is 5.75 Å². The summed E-state index contributed by atoms with van der Waals surface area (Å²) < 4.78 is 18.5. The van der Waals surface area contributed by atoms with Crippen molar-refractivity contribution in [3.8, 4) is 5.75 Å². The number of rotatable bonds is 5. The standard InChI is InChI=1S/C22H25FN4O3/c1-30-19-5-3-2-4-16(19)6-11-20(28)26-14-12-22(13-15-26)24-21(29)27(25-22)18-9-7-17(23)8-10-18/h2-5,7-10,25H,6,11-15H2,1H3,(H,24,29). The number of amides is 3. The Morgan fingerprint density at radius 1 is 1.13 bits per heavy atom. The molecular weight excluding hydrogens is 387 g/mol.